The number of nitrogens with one attached hydrogen (secondary N) is 2. The number of nitrogens with zero attached hydrogens (tertiary/aromatic N) is 2. The van der Waals surface area contributed by atoms with Gasteiger partial charge in [0.2, 0.25) is 5.91 Å². The van der Waals surface area contributed by atoms with Crippen LogP contribution in [0.3, 0.4) is 0 Å². The summed E-state index contributed by atoms with van der Waals surface area (Å²) in [4.78, 5) is 31.4. The number of Topliss-reactive ketones (excluding diaryl/α,β-unsaturated/α-hetero) is 1. The van der Waals surface area contributed by atoms with Crippen molar-refractivity contribution in [2.75, 3.05) is 24.3 Å². The van der Waals surface area contributed by atoms with Crippen molar-refractivity contribution < 1.29 is 14.0 Å². The fraction of sp³-hybridized carbons (Fsp3) is 0.370. The molecule has 1 aliphatic carbocycles. The van der Waals surface area contributed by atoms with E-state index in [1.807, 2.05) is 32.3 Å². The predicted octanol–water partition coefficient (Wildman–Crippen LogP) is 4.94. The number of carbonyl (C=O) groups excluding carboxylic acids is 2. The minimum Gasteiger partial charge on any atom is -0.377 e. The second-order valence-electron chi connectivity index (χ2n) is 9.13. The minimum atomic E-state index is -0.381. The smallest absolute Gasteiger partial charge is 0.220 e. The van der Waals surface area contributed by atoms with Gasteiger partial charge in [-0.1, -0.05) is 18.2 Å². The van der Waals surface area contributed by atoms with Gasteiger partial charge < -0.3 is 15.5 Å². The molecule has 0 unspecified atom stereocenters. The first-order valence-corrected chi connectivity index (χ1v) is 11.8. The maximum Gasteiger partial charge on any atom is 0.220 e. The molecule has 6 nitrogen and oxygen atoms in total. The number of hydrogen-bond acceptors (Lipinski definition) is 5. The molecule has 1 saturated carbocycles. The Morgan fingerprint density at radius 1 is 0.971 bits per heavy atom. The number of aromatic nitrogens is 1. The highest BCUT2D eigenvalue weighted by Gasteiger charge is 2.23. The zero-order valence-corrected chi connectivity index (χ0v) is 19.7. The zero-order chi connectivity index (χ0) is 24.1. The van der Waals surface area contributed by atoms with Crippen LogP contribution in [-0.2, 0) is 4.79 Å². The number of amides is 1. The van der Waals surface area contributed by atoms with E-state index in [2.05, 4.69) is 27.7 Å². The summed E-state index contributed by atoms with van der Waals surface area (Å²) in [6.07, 6.45) is 3.89. The van der Waals surface area contributed by atoms with Gasteiger partial charge in [0, 0.05) is 61.7 Å². The third-order valence-electron chi connectivity index (χ3n) is 6.37. The van der Waals surface area contributed by atoms with Crippen LogP contribution in [0.5, 0.6) is 0 Å². The van der Waals surface area contributed by atoms with Gasteiger partial charge >= 0.3 is 0 Å². The number of hydrogen-bond donors (Lipinski definition) is 2. The van der Waals surface area contributed by atoms with Crippen LogP contribution >= 0.6 is 0 Å². The lowest BCUT2D eigenvalue weighted by atomic mass is 9.91. The molecule has 178 valence electrons. The number of carbonyl (C=O) groups is 2. The molecule has 0 radical (unpaired) electrons. The van der Waals surface area contributed by atoms with Crippen molar-refractivity contribution in [3.05, 3.63) is 66.0 Å². The summed E-state index contributed by atoms with van der Waals surface area (Å²) >= 11 is 0. The maximum atomic E-state index is 13.0. The fourth-order valence-electron chi connectivity index (χ4n) is 4.50. The molecule has 1 aromatic heterocycles. The highest BCUT2D eigenvalue weighted by Crippen LogP contribution is 2.29. The molecule has 1 amide bonds. The Labute approximate surface area is 199 Å². The van der Waals surface area contributed by atoms with Crippen molar-refractivity contribution in [1.29, 1.82) is 0 Å². The number of rotatable bonds is 8. The normalized spacial score (nSPS) is 17.9. The first-order valence-electron chi connectivity index (χ1n) is 11.8. The fourth-order valence-corrected chi connectivity index (χ4v) is 4.50. The summed E-state index contributed by atoms with van der Waals surface area (Å²) in [5.41, 5.74) is 2.53. The number of halogens is 1. The molecule has 3 aromatic rings. The van der Waals surface area contributed by atoms with Gasteiger partial charge in [0.1, 0.15) is 11.6 Å². The molecular formula is C27H31FN4O2. The number of para-hydroxylation sites is 1. The Kier molecular flexibility index (Phi) is 7.40. The SMILES string of the molecule is CN(C)c1cc(N[C@H]2CC[C@@H](NC(=O)CCC(=O)c3ccc(F)cc3)CC2)nc2ccccc12. The molecule has 0 bridgehead atoms. The lowest BCUT2D eigenvalue weighted by Crippen LogP contribution is -2.40. The van der Waals surface area contributed by atoms with Gasteiger partial charge in [-0.15, -0.1) is 0 Å². The molecule has 2 aromatic carbocycles. The van der Waals surface area contributed by atoms with E-state index in [-0.39, 0.29) is 36.4 Å². The van der Waals surface area contributed by atoms with Gasteiger partial charge in [-0.05, 0) is 56.0 Å². The molecule has 7 heteroatoms. The molecule has 34 heavy (non-hydrogen) atoms. The lowest BCUT2D eigenvalue weighted by Gasteiger charge is -2.30. The van der Waals surface area contributed by atoms with Crippen molar-refractivity contribution in [2.45, 2.75) is 50.6 Å². The lowest BCUT2D eigenvalue weighted by molar-refractivity contribution is -0.122. The number of anilines is 2. The van der Waals surface area contributed by atoms with Crippen molar-refractivity contribution in [2.24, 2.45) is 0 Å². The molecule has 2 N–H and O–H groups in total. The van der Waals surface area contributed by atoms with Crippen molar-refractivity contribution in [1.82, 2.24) is 10.3 Å². The number of benzene rings is 2. The molecule has 4 rings (SSSR count). The summed E-state index contributed by atoms with van der Waals surface area (Å²) in [5.74, 6) is 0.227. The molecule has 0 aliphatic heterocycles. The topological polar surface area (TPSA) is 74.3 Å². The largest absolute Gasteiger partial charge is 0.377 e. The molecule has 0 atom stereocenters. The molecular weight excluding hydrogens is 431 g/mol. The van der Waals surface area contributed by atoms with Crippen molar-refractivity contribution in [3.63, 3.8) is 0 Å². The minimum absolute atomic E-state index is 0.112. The van der Waals surface area contributed by atoms with Crippen LogP contribution in [0.2, 0.25) is 0 Å². The van der Waals surface area contributed by atoms with E-state index < -0.39 is 0 Å². The van der Waals surface area contributed by atoms with Crippen molar-refractivity contribution >= 4 is 34.1 Å². The van der Waals surface area contributed by atoms with Gasteiger partial charge in [-0.25, -0.2) is 9.37 Å². The predicted molar refractivity (Wildman–Crippen MR) is 134 cm³/mol. The van der Waals surface area contributed by atoms with E-state index in [9.17, 15) is 14.0 Å². The molecule has 1 fully saturated rings. The Bertz CT molecular complexity index is 1160. The van der Waals surface area contributed by atoms with Gasteiger partial charge in [-0.2, -0.15) is 0 Å². The summed E-state index contributed by atoms with van der Waals surface area (Å²) in [6, 6.07) is 16.1. The third-order valence-corrected chi connectivity index (χ3v) is 6.37. The molecule has 0 saturated heterocycles. The first kappa shape index (κ1) is 23.7. The van der Waals surface area contributed by atoms with Crippen LogP contribution in [0, 0.1) is 5.82 Å². The molecule has 1 heterocycles. The Balaban J connectivity index is 1.25. The Hall–Kier alpha value is -3.48. The maximum absolute atomic E-state index is 13.0. The van der Waals surface area contributed by atoms with E-state index in [0.29, 0.717) is 11.6 Å². The number of ketones is 1. The molecule has 0 spiro atoms. The summed E-state index contributed by atoms with van der Waals surface area (Å²) in [7, 11) is 4.07. The first-order chi connectivity index (χ1) is 16.4. The van der Waals surface area contributed by atoms with Crippen LogP contribution in [0.25, 0.3) is 10.9 Å². The Morgan fingerprint density at radius 3 is 2.35 bits per heavy atom. The average Bonchev–Trinajstić information content (AvgIpc) is 2.83. The van der Waals surface area contributed by atoms with E-state index in [0.717, 1.165) is 48.1 Å². The highest BCUT2D eigenvalue weighted by molar-refractivity contribution is 5.98. The van der Waals surface area contributed by atoms with Crippen LogP contribution in [0.15, 0.2) is 54.6 Å². The van der Waals surface area contributed by atoms with Gasteiger partial charge in [0.15, 0.2) is 5.78 Å². The summed E-state index contributed by atoms with van der Waals surface area (Å²) in [6.45, 7) is 0. The average molecular weight is 463 g/mol. The van der Waals surface area contributed by atoms with Crippen LogP contribution < -0.4 is 15.5 Å². The second-order valence-corrected chi connectivity index (χ2v) is 9.13. The third kappa shape index (κ3) is 5.90. The van der Waals surface area contributed by atoms with E-state index in [1.54, 1.807) is 0 Å². The summed E-state index contributed by atoms with van der Waals surface area (Å²) in [5, 5.41) is 7.78. The second kappa shape index (κ2) is 10.6. The van der Waals surface area contributed by atoms with Crippen LogP contribution in [0.1, 0.15) is 48.9 Å². The number of pyridine rings is 1. The van der Waals surface area contributed by atoms with E-state index >= 15 is 0 Å². The van der Waals surface area contributed by atoms with Crippen LogP contribution in [0.4, 0.5) is 15.9 Å². The van der Waals surface area contributed by atoms with Gasteiger partial charge in [0.05, 0.1) is 5.52 Å². The Morgan fingerprint density at radius 2 is 1.65 bits per heavy atom. The number of fused-ring (bicyclic) bond motifs is 1. The van der Waals surface area contributed by atoms with Gasteiger partial charge in [-0.3, -0.25) is 9.59 Å². The van der Waals surface area contributed by atoms with E-state index in [4.69, 9.17) is 4.98 Å². The quantitative estimate of drug-likeness (QED) is 0.464. The summed E-state index contributed by atoms with van der Waals surface area (Å²) < 4.78 is 13.0. The molecule has 1 aliphatic rings. The van der Waals surface area contributed by atoms with Crippen molar-refractivity contribution in [3.8, 4) is 0 Å². The standard InChI is InChI=1S/C27H31FN4O2/c1-32(2)24-17-26(31-23-6-4-3-5-22(23)24)29-20-11-13-21(14-12-20)30-27(34)16-15-25(33)18-7-9-19(28)10-8-18/h3-10,17,20-21H,11-16H2,1-2H3,(H,29,31)(H,30,34)/t20-,21+. The van der Waals surface area contributed by atoms with Gasteiger partial charge in [0.25, 0.3) is 0 Å². The highest BCUT2D eigenvalue weighted by atomic mass is 19.1. The zero-order valence-electron chi connectivity index (χ0n) is 19.7. The monoisotopic (exact) mass is 462 g/mol. The van der Waals surface area contributed by atoms with Crippen LogP contribution in [-0.4, -0.2) is 42.9 Å². The van der Waals surface area contributed by atoms with E-state index in [1.165, 1.54) is 24.3 Å².